The molecule has 2 aromatic heterocycles. The van der Waals surface area contributed by atoms with E-state index < -0.39 is 5.97 Å². The number of halogens is 2. The summed E-state index contributed by atoms with van der Waals surface area (Å²) in [6.07, 6.45) is 1.26. The van der Waals surface area contributed by atoms with E-state index >= 15 is 0 Å². The van der Waals surface area contributed by atoms with E-state index in [0.29, 0.717) is 32.6 Å². The maximum Gasteiger partial charge on any atom is 0.337 e. The second-order valence-corrected chi connectivity index (χ2v) is 4.95. The topological polar surface area (TPSA) is 78.9 Å². The molecule has 0 unspecified atom stereocenters. The molecule has 0 atom stereocenters. The van der Waals surface area contributed by atoms with Crippen LogP contribution in [0.15, 0.2) is 30.5 Å². The van der Waals surface area contributed by atoms with Crippen molar-refractivity contribution in [1.29, 1.82) is 0 Å². The fraction of sp³-hybridized carbons (Fsp3) is 0. The molecule has 2 N–H and O–H groups in total. The second-order valence-electron chi connectivity index (χ2n) is 4.11. The van der Waals surface area contributed by atoms with Gasteiger partial charge in [0.15, 0.2) is 5.65 Å². The number of aromatic carboxylic acids is 1. The highest BCUT2D eigenvalue weighted by Gasteiger charge is 2.12. The first-order valence-corrected chi connectivity index (χ1v) is 6.34. The lowest BCUT2D eigenvalue weighted by Crippen LogP contribution is -1.96. The minimum Gasteiger partial charge on any atom is -0.478 e. The Hall–Kier alpha value is -2.11. The molecule has 1 aromatic carbocycles. The van der Waals surface area contributed by atoms with Gasteiger partial charge in [-0.25, -0.2) is 14.8 Å². The van der Waals surface area contributed by atoms with Crippen LogP contribution >= 0.6 is 23.2 Å². The number of carboxylic acids is 1. The van der Waals surface area contributed by atoms with Crippen LogP contribution in [0, 0.1) is 0 Å². The summed E-state index contributed by atoms with van der Waals surface area (Å²) in [7, 11) is 0. The number of carbonyl (C=O) groups is 1. The first-order chi connectivity index (χ1) is 9.54. The van der Waals surface area contributed by atoms with Crippen molar-refractivity contribution in [2.45, 2.75) is 0 Å². The number of hydrogen-bond acceptors (Lipinski definition) is 3. The molecule has 0 saturated carbocycles. The minimum absolute atomic E-state index is 0.0879. The Morgan fingerprint density at radius 3 is 2.80 bits per heavy atom. The van der Waals surface area contributed by atoms with E-state index in [-0.39, 0.29) is 5.56 Å². The van der Waals surface area contributed by atoms with Crippen LogP contribution in [0.1, 0.15) is 10.4 Å². The highest BCUT2D eigenvalue weighted by molar-refractivity contribution is 6.35. The average molecular weight is 308 g/mol. The summed E-state index contributed by atoms with van der Waals surface area (Å²) in [6, 6.07) is 6.50. The smallest absolute Gasteiger partial charge is 0.337 e. The van der Waals surface area contributed by atoms with E-state index in [1.807, 2.05) is 0 Å². The number of hydrogen-bond donors (Lipinski definition) is 2. The fourth-order valence-electron chi connectivity index (χ4n) is 1.82. The highest BCUT2D eigenvalue weighted by Crippen LogP contribution is 2.29. The standard InChI is InChI=1S/C13H7Cl2N3O2/c14-7-1-2-9(15)8(4-7)11-17-10-3-6(13(19)20)5-16-12(10)18-11/h1-5H,(H,19,20)(H,16,17,18). The molecule has 2 heterocycles. The predicted molar refractivity (Wildman–Crippen MR) is 76.3 cm³/mol. The molecule has 0 spiro atoms. The van der Waals surface area contributed by atoms with E-state index in [9.17, 15) is 4.79 Å². The molecular formula is C13H7Cl2N3O2. The second kappa shape index (κ2) is 4.77. The van der Waals surface area contributed by atoms with Crippen molar-refractivity contribution in [3.05, 3.63) is 46.1 Å². The molecule has 0 radical (unpaired) electrons. The summed E-state index contributed by atoms with van der Waals surface area (Å²) >= 11 is 12.0. The molecule has 0 bridgehead atoms. The number of imidazole rings is 1. The van der Waals surface area contributed by atoms with Crippen LogP contribution in [-0.4, -0.2) is 26.0 Å². The number of nitrogens with one attached hydrogen (secondary N) is 1. The Morgan fingerprint density at radius 2 is 2.05 bits per heavy atom. The molecule has 0 aliphatic carbocycles. The van der Waals surface area contributed by atoms with Crippen molar-refractivity contribution in [3.8, 4) is 11.4 Å². The monoisotopic (exact) mass is 307 g/mol. The van der Waals surface area contributed by atoms with Crippen molar-refractivity contribution in [3.63, 3.8) is 0 Å². The SMILES string of the molecule is O=C(O)c1cnc2nc(-c3cc(Cl)ccc3Cl)[nH]c2c1. The zero-order valence-electron chi connectivity index (χ0n) is 9.89. The van der Waals surface area contributed by atoms with E-state index in [0.717, 1.165) is 0 Å². The van der Waals surface area contributed by atoms with Gasteiger partial charge < -0.3 is 10.1 Å². The number of H-pyrrole nitrogens is 1. The Labute approximate surface area is 123 Å². The summed E-state index contributed by atoms with van der Waals surface area (Å²) in [6.45, 7) is 0. The zero-order valence-corrected chi connectivity index (χ0v) is 11.4. The first kappa shape index (κ1) is 12.9. The van der Waals surface area contributed by atoms with Crippen LogP contribution in [0.25, 0.3) is 22.6 Å². The Kier molecular flexibility index (Phi) is 3.08. The molecule has 0 amide bonds. The van der Waals surface area contributed by atoms with Crippen LogP contribution < -0.4 is 0 Å². The average Bonchev–Trinajstić information content (AvgIpc) is 2.83. The number of benzene rings is 1. The Balaban J connectivity index is 2.17. The number of rotatable bonds is 2. The van der Waals surface area contributed by atoms with Gasteiger partial charge in [0.25, 0.3) is 0 Å². The molecule has 7 heteroatoms. The lowest BCUT2D eigenvalue weighted by molar-refractivity contribution is 0.0696. The molecule has 5 nitrogen and oxygen atoms in total. The van der Waals surface area contributed by atoms with Crippen molar-refractivity contribution < 1.29 is 9.90 Å². The predicted octanol–water partition coefficient (Wildman–Crippen LogP) is 3.63. The van der Waals surface area contributed by atoms with Crippen LogP contribution in [0.3, 0.4) is 0 Å². The quantitative estimate of drug-likeness (QED) is 0.757. The number of carboxylic acid groups (broad SMARTS) is 1. The van der Waals surface area contributed by atoms with Gasteiger partial charge in [0, 0.05) is 16.8 Å². The lowest BCUT2D eigenvalue weighted by Gasteiger charge is -2.00. The normalized spacial score (nSPS) is 10.9. The Bertz CT molecular complexity index is 830. The summed E-state index contributed by atoms with van der Waals surface area (Å²) in [4.78, 5) is 22.2. The molecule has 0 saturated heterocycles. The number of pyridine rings is 1. The minimum atomic E-state index is -1.05. The van der Waals surface area contributed by atoms with Gasteiger partial charge in [0.2, 0.25) is 0 Å². The summed E-state index contributed by atoms with van der Waals surface area (Å²) in [5.74, 6) is -0.557. The van der Waals surface area contributed by atoms with E-state index in [4.69, 9.17) is 28.3 Å². The molecule has 0 aliphatic heterocycles. The van der Waals surface area contributed by atoms with Crippen LogP contribution in [0.4, 0.5) is 0 Å². The van der Waals surface area contributed by atoms with Crippen LogP contribution in [0.2, 0.25) is 10.0 Å². The third kappa shape index (κ3) is 2.21. The maximum atomic E-state index is 10.9. The Morgan fingerprint density at radius 1 is 1.25 bits per heavy atom. The molecule has 3 rings (SSSR count). The van der Waals surface area contributed by atoms with Gasteiger partial charge in [-0.05, 0) is 24.3 Å². The number of aromatic nitrogens is 3. The largest absolute Gasteiger partial charge is 0.478 e. The summed E-state index contributed by atoms with van der Waals surface area (Å²) in [5, 5.41) is 9.96. The number of fused-ring (bicyclic) bond motifs is 1. The van der Waals surface area contributed by atoms with Gasteiger partial charge in [-0.2, -0.15) is 0 Å². The highest BCUT2D eigenvalue weighted by atomic mass is 35.5. The lowest BCUT2D eigenvalue weighted by atomic mass is 10.2. The molecule has 0 fully saturated rings. The van der Waals surface area contributed by atoms with Gasteiger partial charge in [0.05, 0.1) is 16.1 Å². The van der Waals surface area contributed by atoms with Crippen molar-refractivity contribution in [1.82, 2.24) is 15.0 Å². The number of aromatic amines is 1. The third-order valence-corrected chi connectivity index (χ3v) is 3.33. The zero-order chi connectivity index (χ0) is 14.3. The first-order valence-electron chi connectivity index (χ1n) is 5.59. The van der Waals surface area contributed by atoms with Gasteiger partial charge >= 0.3 is 5.97 Å². The van der Waals surface area contributed by atoms with E-state index in [1.54, 1.807) is 18.2 Å². The van der Waals surface area contributed by atoms with Gasteiger partial charge in [-0.1, -0.05) is 23.2 Å². The fourth-order valence-corrected chi connectivity index (χ4v) is 2.20. The molecule has 20 heavy (non-hydrogen) atoms. The van der Waals surface area contributed by atoms with Gasteiger partial charge in [-0.15, -0.1) is 0 Å². The van der Waals surface area contributed by atoms with Crippen molar-refractivity contribution in [2.75, 3.05) is 0 Å². The molecule has 100 valence electrons. The molecule has 3 aromatic rings. The maximum absolute atomic E-state index is 10.9. The van der Waals surface area contributed by atoms with Crippen LogP contribution in [0.5, 0.6) is 0 Å². The van der Waals surface area contributed by atoms with Gasteiger partial charge in [0.1, 0.15) is 5.82 Å². The van der Waals surface area contributed by atoms with Crippen molar-refractivity contribution >= 4 is 40.3 Å². The van der Waals surface area contributed by atoms with Crippen molar-refractivity contribution in [2.24, 2.45) is 0 Å². The van der Waals surface area contributed by atoms with E-state index in [2.05, 4.69) is 15.0 Å². The van der Waals surface area contributed by atoms with Crippen LogP contribution in [-0.2, 0) is 0 Å². The molecular weight excluding hydrogens is 301 g/mol. The molecule has 0 aliphatic rings. The third-order valence-electron chi connectivity index (χ3n) is 2.77. The summed E-state index contributed by atoms with van der Waals surface area (Å²) < 4.78 is 0. The van der Waals surface area contributed by atoms with Gasteiger partial charge in [-0.3, -0.25) is 0 Å². The van der Waals surface area contributed by atoms with E-state index in [1.165, 1.54) is 12.3 Å². The summed E-state index contributed by atoms with van der Waals surface area (Å²) in [5.41, 5.74) is 1.66. The number of nitrogens with zero attached hydrogens (tertiary/aromatic N) is 2.